The van der Waals surface area contributed by atoms with Crippen molar-refractivity contribution in [3.05, 3.63) is 0 Å². The number of hydrogen-bond acceptors (Lipinski definition) is 1. The molecule has 0 aliphatic heterocycles. The minimum atomic E-state index is 0.837. The Labute approximate surface area is 64.6 Å². The number of hydrogen-bond donors (Lipinski definition) is 1. The van der Waals surface area contributed by atoms with E-state index >= 15 is 0 Å². The summed E-state index contributed by atoms with van der Waals surface area (Å²) in [5.74, 6) is 0. The Morgan fingerprint density at radius 2 is 1.80 bits per heavy atom. The molecule has 0 heterocycles. The van der Waals surface area contributed by atoms with Crippen LogP contribution >= 0.6 is 0 Å². The lowest BCUT2D eigenvalue weighted by Crippen LogP contribution is -2.40. The molecule has 0 bridgehead atoms. The fourth-order valence-corrected chi connectivity index (χ4v) is 0.842. The molecule has 0 rings (SSSR count). The minimum absolute atomic E-state index is 0.837. The van der Waals surface area contributed by atoms with Crippen molar-refractivity contribution in [3.8, 4) is 0 Å². The molecular formula is C8H21N2+. The van der Waals surface area contributed by atoms with Crippen LogP contribution in [0.25, 0.3) is 0 Å². The maximum absolute atomic E-state index is 5.39. The van der Waals surface area contributed by atoms with Crippen molar-refractivity contribution in [2.24, 2.45) is 5.73 Å². The van der Waals surface area contributed by atoms with Crippen LogP contribution < -0.4 is 5.73 Å². The van der Waals surface area contributed by atoms with Crippen LogP contribution in [-0.2, 0) is 0 Å². The molecule has 2 heteroatoms. The molecule has 0 fully saturated rings. The van der Waals surface area contributed by atoms with E-state index in [2.05, 4.69) is 21.0 Å². The zero-order chi connectivity index (χ0) is 8.04. The number of nitrogens with zero attached hydrogens (tertiary/aromatic N) is 1. The van der Waals surface area contributed by atoms with Crippen LogP contribution in [0.5, 0.6) is 0 Å². The van der Waals surface area contributed by atoms with E-state index < -0.39 is 0 Å². The number of nitrogens with two attached hydrogens (primary N) is 1. The largest absolute Gasteiger partial charge is 0.330 e. The van der Waals surface area contributed by atoms with Gasteiger partial charge in [-0.2, -0.15) is 0 Å². The van der Waals surface area contributed by atoms with Gasteiger partial charge < -0.3 is 10.2 Å². The highest BCUT2D eigenvalue weighted by Gasteiger charge is 2.09. The molecule has 0 atom stereocenters. The molecule has 0 aliphatic rings. The summed E-state index contributed by atoms with van der Waals surface area (Å²) in [6.45, 7) is 5.53. The van der Waals surface area contributed by atoms with E-state index in [1.165, 1.54) is 25.9 Å². The summed E-state index contributed by atoms with van der Waals surface area (Å²) in [6, 6.07) is 0. The summed E-state index contributed by atoms with van der Waals surface area (Å²) in [4.78, 5) is 0. The lowest BCUT2D eigenvalue weighted by atomic mass is 10.3. The molecule has 0 radical (unpaired) electrons. The molecule has 0 saturated carbocycles. The highest BCUT2D eigenvalue weighted by Crippen LogP contribution is 1.99. The van der Waals surface area contributed by atoms with Crippen LogP contribution in [0.3, 0.4) is 0 Å². The van der Waals surface area contributed by atoms with Crippen LogP contribution in [-0.4, -0.2) is 38.2 Å². The van der Waals surface area contributed by atoms with Gasteiger partial charge in [0.05, 0.1) is 27.2 Å². The van der Waals surface area contributed by atoms with Gasteiger partial charge in [0.15, 0.2) is 0 Å². The van der Waals surface area contributed by atoms with Gasteiger partial charge in [-0.15, -0.1) is 0 Å². The molecule has 10 heavy (non-hydrogen) atoms. The molecule has 0 aromatic heterocycles. The summed E-state index contributed by atoms with van der Waals surface area (Å²) in [5, 5.41) is 0. The first-order valence-electron chi connectivity index (χ1n) is 4.14. The molecule has 0 amide bonds. The van der Waals surface area contributed by atoms with Crippen LogP contribution in [0.1, 0.15) is 19.8 Å². The molecule has 0 aromatic carbocycles. The van der Waals surface area contributed by atoms with Gasteiger partial charge in [0.2, 0.25) is 0 Å². The normalized spacial score (nSPS) is 12.0. The monoisotopic (exact) mass is 145 g/mol. The Kier molecular flexibility index (Phi) is 4.65. The second-order valence-corrected chi connectivity index (χ2v) is 3.47. The summed E-state index contributed by atoms with van der Waals surface area (Å²) in [7, 11) is 4.52. The van der Waals surface area contributed by atoms with Gasteiger partial charge >= 0.3 is 0 Å². The highest BCUT2D eigenvalue weighted by atomic mass is 15.3. The summed E-state index contributed by atoms with van der Waals surface area (Å²) in [6.07, 6.45) is 2.43. The van der Waals surface area contributed by atoms with E-state index in [-0.39, 0.29) is 0 Å². The van der Waals surface area contributed by atoms with Crippen molar-refractivity contribution in [1.29, 1.82) is 0 Å². The SMILES string of the molecule is CC[N+](C)(C)CCCCN. The van der Waals surface area contributed by atoms with Crippen LogP contribution in [0.4, 0.5) is 0 Å². The van der Waals surface area contributed by atoms with E-state index in [0.717, 1.165) is 11.0 Å². The Balaban J connectivity index is 3.28. The van der Waals surface area contributed by atoms with Gasteiger partial charge in [-0.05, 0) is 26.3 Å². The fourth-order valence-electron chi connectivity index (χ4n) is 0.842. The van der Waals surface area contributed by atoms with Gasteiger partial charge in [-0.25, -0.2) is 0 Å². The van der Waals surface area contributed by atoms with Crippen molar-refractivity contribution in [2.45, 2.75) is 19.8 Å². The third-order valence-corrected chi connectivity index (χ3v) is 2.07. The van der Waals surface area contributed by atoms with Crippen molar-refractivity contribution in [2.75, 3.05) is 33.7 Å². The van der Waals surface area contributed by atoms with E-state index in [1.807, 2.05) is 0 Å². The summed E-state index contributed by atoms with van der Waals surface area (Å²) >= 11 is 0. The lowest BCUT2D eigenvalue weighted by molar-refractivity contribution is -0.888. The third kappa shape index (κ3) is 4.77. The maximum atomic E-state index is 5.39. The molecule has 0 spiro atoms. The van der Waals surface area contributed by atoms with Crippen molar-refractivity contribution >= 4 is 0 Å². The van der Waals surface area contributed by atoms with Gasteiger partial charge in [0.1, 0.15) is 0 Å². The Morgan fingerprint density at radius 3 is 2.20 bits per heavy atom. The topological polar surface area (TPSA) is 26.0 Å². The van der Waals surface area contributed by atoms with Crippen LogP contribution in [0, 0.1) is 0 Å². The first-order valence-corrected chi connectivity index (χ1v) is 4.14. The number of quaternary nitrogens is 1. The molecule has 62 valence electrons. The van der Waals surface area contributed by atoms with E-state index in [4.69, 9.17) is 5.73 Å². The lowest BCUT2D eigenvalue weighted by Gasteiger charge is -2.27. The van der Waals surface area contributed by atoms with Crippen molar-refractivity contribution in [3.63, 3.8) is 0 Å². The van der Waals surface area contributed by atoms with Gasteiger partial charge in [-0.3, -0.25) is 0 Å². The summed E-state index contributed by atoms with van der Waals surface area (Å²) < 4.78 is 1.12. The summed E-state index contributed by atoms with van der Waals surface area (Å²) in [5.41, 5.74) is 5.39. The van der Waals surface area contributed by atoms with Crippen LogP contribution in [0.15, 0.2) is 0 Å². The van der Waals surface area contributed by atoms with Gasteiger partial charge in [-0.1, -0.05) is 0 Å². The molecular weight excluding hydrogens is 124 g/mol. The molecule has 0 aliphatic carbocycles. The average molecular weight is 145 g/mol. The minimum Gasteiger partial charge on any atom is -0.330 e. The Morgan fingerprint density at radius 1 is 1.20 bits per heavy atom. The molecule has 0 saturated heterocycles. The van der Waals surface area contributed by atoms with E-state index in [9.17, 15) is 0 Å². The zero-order valence-electron chi connectivity index (χ0n) is 7.56. The van der Waals surface area contributed by atoms with Crippen molar-refractivity contribution < 1.29 is 4.48 Å². The smallest absolute Gasteiger partial charge is 0.0782 e. The predicted molar refractivity (Wildman–Crippen MR) is 45.8 cm³/mol. The zero-order valence-corrected chi connectivity index (χ0v) is 7.56. The predicted octanol–water partition coefficient (Wildman–Crippen LogP) is 0.822. The second-order valence-electron chi connectivity index (χ2n) is 3.47. The fraction of sp³-hybridized carbons (Fsp3) is 1.00. The second kappa shape index (κ2) is 4.69. The molecule has 0 unspecified atom stereocenters. The third-order valence-electron chi connectivity index (χ3n) is 2.07. The number of unbranched alkanes of at least 4 members (excludes halogenated alkanes) is 1. The van der Waals surface area contributed by atoms with Gasteiger partial charge in [0.25, 0.3) is 0 Å². The first-order chi connectivity index (χ1) is 4.62. The molecule has 2 nitrogen and oxygen atoms in total. The quantitative estimate of drug-likeness (QED) is 0.450. The first kappa shape index (κ1) is 9.92. The maximum Gasteiger partial charge on any atom is 0.0782 e. The Bertz CT molecular complexity index is 79.3. The standard InChI is InChI=1S/C8H21N2/c1-4-10(2,3)8-6-5-7-9/h4-9H2,1-3H3/q+1. The average Bonchev–Trinajstić information content (AvgIpc) is 1.89. The Hall–Kier alpha value is -0.0800. The molecule has 2 N–H and O–H groups in total. The van der Waals surface area contributed by atoms with Crippen molar-refractivity contribution in [1.82, 2.24) is 0 Å². The van der Waals surface area contributed by atoms with E-state index in [0.29, 0.717) is 0 Å². The van der Waals surface area contributed by atoms with Crippen LogP contribution in [0.2, 0.25) is 0 Å². The number of rotatable bonds is 5. The molecule has 0 aromatic rings. The van der Waals surface area contributed by atoms with E-state index in [1.54, 1.807) is 0 Å². The van der Waals surface area contributed by atoms with Gasteiger partial charge in [0, 0.05) is 0 Å². The highest BCUT2D eigenvalue weighted by molar-refractivity contribution is 4.39.